The second-order valence-corrected chi connectivity index (χ2v) is 4.69. The second kappa shape index (κ2) is 4.89. The molecule has 0 heterocycles. The molecule has 1 amide bonds. The summed E-state index contributed by atoms with van der Waals surface area (Å²) in [7, 11) is 1.91. The molecular weight excluding hydrogens is 182 g/mol. The van der Waals surface area contributed by atoms with Crippen molar-refractivity contribution in [3.8, 4) is 0 Å². The predicted octanol–water partition coefficient (Wildman–Crippen LogP) is 2.10. The van der Waals surface area contributed by atoms with Crippen LogP contribution in [-0.2, 0) is 4.79 Å². The van der Waals surface area contributed by atoms with E-state index in [1.165, 1.54) is 32.1 Å². The van der Waals surface area contributed by atoms with Crippen LogP contribution in [0.15, 0.2) is 0 Å². The minimum atomic E-state index is -0.160. The lowest BCUT2D eigenvalue weighted by Gasteiger charge is -2.32. The van der Waals surface area contributed by atoms with Crippen LogP contribution in [0.3, 0.4) is 0 Å². The van der Waals surface area contributed by atoms with Crippen LogP contribution in [-0.4, -0.2) is 29.1 Å². The lowest BCUT2D eigenvalue weighted by atomic mass is 9.94. The summed E-state index contributed by atoms with van der Waals surface area (Å²) in [6.07, 6.45) is 6.20. The third-order valence-electron chi connectivity index (χ3n) is 2.83. The molecule has 3 heteroatoms. The third-order valence-corrected chi connectivity index (χ3v) is 3.05. The standard InChI is InChI=1S/C10H19NOS/c1-8(13)10(12)11(2)9-6-4-3-5-7-9/h8-9,13H,3-7H2,1-2H3/t8-/m0/s1. The molecule has 0 N–H and O–H groups in total. The SMILES string of the molecule is C[C@H](S)C(=O)N(C)C1CCCCC1. The van der Waals surface area contributed by atoms with Crippen molar-refractivity contribution in [3.63, 3.8) is 0 Å². The van der Waals surface area contributed by atoms with Crippen LogP contribution in [0.2, 0.25) is 0 Å². The van der Waals surface area contributed by atoms with Crippen LogP contribution in [0.5, 0.6) is 0 Å². The van der Waals surface area contributed by atoms with Gasteiger partial charge >= 0.3 is 0 Å². The van der Waals surface area contributed by atoms with E-state index in [9.17, 15) is 4.79 Å². The van der Waals surface area contributed by atoms with Gasteiger partial charge in [0.1, 0.15) is 0 Å². The maximum absolute atomic E-state index is 11.6. The number of amides is 1. The molecule has 1 saturated carbocycles. The highest BCUT2D eigenvalue weighted by Crippen LogP contribution is 2.22. The molecule has 0 aliphatic heterocycles. The molecule has 0 aromatic carbocycles. The van der Waals surface area contributed by atoms with Crippen molar-refractivity contribution in [2.45, 2.75) is 50.3 Å². The first-order valence-electron chi connectivity index (χ1n) is 5.07. The van der Waals surface area contributed by atoms with Crippen LogP contribution in [0.25, 0.3) is 0 Å². The van der Waals surface area contributed by atoms with Crippen LogP contribution in [0, 0.1) is 0 Å². The average molecular weight is 201 g/mol. The highest BCUT2D eigenvalue weighted by atomic mass is 32.1. The Labute approximate surface area is 86.1 Å². The molecule has 0 bridgehead atoms. The Morgan fingerprint density at radius 2 is 1.92 bits per heavy atom. The van der Waals surface area contributed by atoms with Crippen molar-refractivity contribution < 1.29 is 4.79 Å². The topological polar surface area (TPSA) is 20.3 Å². The van der Waals surface area contributed by atoms with E-state index < -0.39 is 0 Å². The summed E-state index contributed by atoms with van der Waals surface area (Å²) in [5.74, 6) is 0.162. The monoisotopic (exact) mass is 201 g/mol. The molecule has 1 aliphatic rings. The first kappa shape index (κ1) is 10.9. The van der Waals surface area contributed by atoms with Crippen molar-refractivity contribution >= 4 is 18.5 Å². The van der Waals surface area contributed by atoms with Crippen molar-refractivity contribution in [3.05, 3.63) is 0 Å². The third kappa shape index (κ3) is 2.90. The first-order chi connectivity index (χ1) is 6.13. The number of carbonyl (C=O) groups excluding carboxylic acids is 1. The zero-order valence-electron chi connectivity index (χ0n) is 8.49. The van der Waals surface area contributed by atoms with Crippen molar-refractivity contribution in [1.82, 2.24) is 4.90 Å². The summed E-state index contributed by atoms with van der Waals surface area (Å²) in [4.78, 5) is 13.5. The van der Waals surface area contributed by atoms with E-state index in [0.717, 1.165) is 0 Å². The predicted molar refractivity (Wildman–Crippen MR) is 58.1 cm³/mol. The molecule has 2 nitrogen and oxygen atoms in total. The fourth-order valence-corrected chi connectivity index (χ4v) is 2.13. The summed E-state index contributed by atoms with van der Waals surface area (Å²) in [6.45, 7) is 1.84. The van der Waals surface area contributed by atoms with E-state index >= 15 is 0 Å². The number of nitrogens with zero attached hydrogens (tertiary/aromatic N) is 1. The normalized spacial score (nSPS) is 21.2. The van der Waals surface area contributed by atoms with Gasteiger partial charge in [0.2, 0.25) is 5.91 Å². The molecule has 0 radical (unpaired) electrons. The quantitative estimate of drug-likeness (QED) is 0.678. The number of thiol groups is 1. The highest BCUT2D eigenvalue weighted by Gasteiger charge is 2.23. The minimum Gasteiger partial charge on any atom is -0.342 e. The van der Waals surface area contributed by atoms with Crippen LogP contribution >= 0.6 is 12.6 Å². The smallest absolute Gasteiger partial charge is 0.235 e. The number of hydrogen-bond donors (Lipinski definition) is 1. The lowest BCUT2D eigenvalue weighted by molar-refractivity contribution is -0.131. The van der Waals surface area contributed by atoms with Gasteiger partial charge in [-0.15, -0.1) is 0 Å². The van der Waals surface area contributed by atoms with Gasteiger partial charge in [0.05, 0.1) is 5.25 Å². The van der Waals surface area contributed by atoms with Gasteiger partial charge in [0.25, 0.3) is 0 Å². The molecule has 0 unspecified atom stereocenters. The summed E-state index contributed by atoms with van der Waals surface area (Å²) >= 11 is 4.16. The summed E-state index contributed by atoms with van der Waals surface area (Å²) in [5, 5.41) is -0.160. The fraction of sp³-hybridized carbons (Fsp3) is 0.900. The second-order valence-electron chi connectivity index (χ2n) is 3.92. The van der Waals surface area contributed by atoms with Gasteiger partial charge in [-0.05, 0) is 19.8 Å². The van der Waals surface area contributed by atoms with Gasteiger partial charge in [0.15, 0.2) is 0 Å². The highest BCUT2D eigenvalue weighted by molar-refractivity contribution is 7.81. The summed E-state index contributed by atoms with van der Waals surface area (Å²) in [5.41, 5.74) is 0. The molecule has 76 valence electrons. The van der Waals surface area contributed by atoms with E-state index in [1.807, 2.05) is 18.9 Å². The molecule has 0 spiro atoms. The summed E-state index contributed by atoms with van der Waals surface area (Å²) < 4.78 is 0. The number of carbonyl (C=O) groups is 1. The van der Waals surface area contributed by atoms with Gasteiger partial charge in [-0.1, -0.05) is 19.3 Å². The average Bonchev–Trinajstić information content (AvgIpc) is 2.17. The Bertz CT molecular complexity index is 176. The van der Waals surface area contributed by atoms with Crippen molar-refractivity contribution in [1.29, 1.82) is 0 Å². The number of rotatable bonds is 2. The Hall–Kier alpha value is -0.180. The molecule has 1 rings (SSSR count). The zero-order chi connectivity index (χ0) is 9.84. The van der Waals surface area contributed by atoms with Crippen molar-refractivity contribution in [2.24, 2.45) is 0 Å². The van der Waals surface area contributed by atoms with Crippen molar-refractivity contribution in [2.75, 3.05) is 7.05 Å². The maximum Gasteiger partial charge on any atom is 0.235 e. The first-order valence-corrected chi connectivity index (χ1v) is 5.59. The molecular formula is C10H19NOS. The zero-order valence-corrected chi connectivity index (χ0v) is 9.39. The molecule has 0 saturated heterocycles. The Balaban J connectivity index is 2.45. The van der Waals surface area contributed by atoms with E-state index in [-0.39, 0.29) is 11.2 Å². The van der Waals surface area contributed by atoms with E-state index in [0.29, 0.717) is 6.04 Å². The van der Waals surface area contributed by atoms with E-state index in [4.69, 9.17) is 0 Å². The van der Waals surface area contributed by atoms with Crippen LogP contribution in [0.4, 0.5) is 0 Å². The molecule has 13 heavy (non-hydrogen) atoms. The Morgan fingerprint density at radius 1 is 1.38 bits per heavy atom. The Morgan fingerprint density at radius 3 is 2.38 bits per heavy atom. The van der Waals surface area contributed by atoms with Gasteiger partial charge < -0.3 is 4.90 Å². The Kier molecular flexibility index (Phi) is 4.10. The molecule has 1 fully saturated rings. The maximum atomic E-state index is 11.6. The van der Waals surface area contributed by atoms with Gasteiger partial charge in [0, 0.05) is 13.1 Å². The van der Waals surface area contributed by atoms with Crippen LogP contribution in [0.1, 0.15) is 39.0 Å². The molecule has 1 aliphatic carbocycles. The van der Waals surface area contributed by atoms with Gasteiger partial charge in [-0.2, -0.15) is 12.6 Å². The van der Waals surface area contributed by atoms with Gasteiger partial charge in [-0.3, -0.25) is 4.79 Å². The fourth-order valence-electron chi connectivity index (χ4n) is 1.94. The van der Waals surface area contributed by atoms with E-state index in [2.05, 4.69) is 12.6 Å². The molecule has 0 aromatic heterocycles. The van der Waals surface area contributed by atoms with Crippen LogP contribution < -0.4 is 0 Å². The summed E-state index contributed by atoms with van der Waals surface area (Å²) in [6, 6.07) is 0.468. The molecule has 1 atom stereocenters. The van der Waals surface area contributed by atoms with E-state index in [1.54, 1.807) is 0 Å². The minimum absolute atomic E-state index is 0.160. The largest absolute Gasteiger partial charge is 0.342 e. The lowest BCUT2D eigenvalue weighted by Crippen LogP contribution is -2.41. The number of hydrogen-bond acceptors (Lipinski definition) is 2. The molecule has 0 aromatic rings. The van der Waals surface area contributed by atoms with Gasteiger partial charge in [-0.25, -0.2) is 0 Å².